The van der Waals surface area contributed by atoms with Gasteiger partial charge in [-0.15, -0.1) is 13.2 Å². The van der Waals surface area contributed by atoms with E-state index in [2.05, 4.69) is 4.74 Å². The Morgan fingerprint density at radius 3 is 1.93 bits per heavy atom. The summed E-state index contributed by atoms with van der Waals surface area (Å²) in [6, 6.07) is 1.77. The van der Waals surface area contributed by atoms with Crippen molar-refractivity contribution in [2.75, 3.05) is 0 Å². The first-order valence-corrected chi connectivity index (χ1v) is 9.41. The van der Waals surface area contributed by atoms with E-state index in [1.165, 1.54) is 6.08 Å². The van der Waals surface area contributed by atoms with Crippen molar-refractivity contribution in [2.45, 2.75) is 69.8 Å². The van der Waals surface area contributed by atoms with Crippen molar-refractivity contribution in [1.82, 2.24) is 0 Å². The van der Waals surface area contributed by atoms with Gasteiger partial charge in [0.1, 0.15) is 0 Å². The highest BCUT2D eigenvalue weighted by Crippen LogP contribution is 2.40. The maximum absolute atomic E-state index is 13.9. The third-order valence-electron chi connectivity index (χ3n) is 5.06. The fraction of sp³-hybridized carbons (Fsp3) is 0.600. The SMILES string of the molecule is Fc1cc([C@H]2CC[C@H](CCC=CCCC(F)(F)F)CC2)cc(F)c1OC(F)(F)F. The third-order valence-corrected chi connectivity index (χ3v) is 5.06. The zero-order chi connectivity index (χ0) is 21.7. The van der Waals surface area contributed by atoms with E-state index in [0.717, 1.165) is 31.4 Å². The van der Waals surface area contributed by atoms with Gasteiger partial charge in [-0.25, -0.2) is 8.78 Å². The quantitative estimate of drug-likeness (QED) is 0.317. The molecule has 1 fully saturated rings. The van der Waals surface area contributed by atoms with Crippen LogP contribution in [0.1, 0.15) is 62.8 Å². The second-order valence-electron chi connectivity index (χ2n) is 7.28. The maximum atomic E-state index is 13.9. The third kappa shape index (κ3) is 8.22. The average Bonchev–Trinajstić information content (AvgIpc) is 2.60. The highest BCUT2D eigenvalue weighted by atomic mass is 19.4. The van der Waals surface area contributed by atoms with Crippen molar-refractivity contribution in [3.63, 3.8) is 0 Å². The largest absolute Gasteiger partial charge is 0.573 e. The monoisotopic (exact) mass is 430 g/mol. The molecule has 0 radical (unpaired) electrons. The van der Waals surface area contributed by atoms with E-state index in [1.807, 2.05) is 0 Å². The van der Waals surface area contributed by atoms with Crippen molar-refractivity contribution in [3.8, 4) is 5.75 Å². The number of hydrogen-bond donors (Lipinski definition) is 0. The first-order chi connectivity index (χ1) is 13.4. The number of benzene rings is 1. The summed E-state index contributed by atoms with van der Waals surface area (Å²) in [6.07, 6.45) is -2.62. The number of allylic oxidation sites excluding steroid dienone is 2. The minimum absolute atomic E-state index is 0.0403. The zero-order valence-corrected chi connectivity index (χ0v) is 15.6. The summed E-state index contributed by atoms with van der Waals surface area (Å²) in [5, 5.41) is 0. The van der Waals surface area contributed by atoms with Crippen LogP contribution in [0, 0.1) is 17.6 Å². The molecule has 0 bridgehead atoms. The predicted molar refractivity (Wildman–Crippen MR) is 91.4 cm³/mol. The number of halogens is 8. The van der Waals surface area contributed by atoms with Gasteiger partial charge in [0.05, 0.1) is 0 Å². The molecule has 1 aliphatic rings. The molecule has 9 heteroatoms. The van der Waals surface area contributed by atoms with Crippen LogP contribution in [0.4, 0.5) is 35.1 Å². The summed E-state index contributed by atoms with van der Waals surface area (Å²) in [5.41, 5.74) is 0.306. The first kappa shape index (κ1) is 23.5. The lowest BCUT2D eigenvalue weighted by Gasteiger charge is -2.29. The molecular formula is C20H22F8O. The van der Waals surface area contributed by atoms with Crippen molar-refractivity contribution < 1.29 is 39.9 Å². The van der Waals surface area contributed by atoms with Crippen LogP contribution in [0.25, 0.3) is 0 Å². The van der Waals surface area contributed by atoms with Crippen LogP contribution >= 0.6 is 0 Å². The van der Waals surface area contributed by atoms with Crippen molar-refractivity contribution in [1.29, 1.82) is 0 Å². The van der Waals surface area contributed by atoms with Gasteiger partial charge in [0, 0.05) is 6.42 Å². The van der Waals surface area contributed by atoms with Crippen LogP contribution in [0.5, 0.6) is 5.75 Å². The maximum Gasteiger partial charge on any atom is 0.573 e. The van der Waals surface area contributed by atoms with Gasteiger partial charge < -0.3 is 4.74 Å². The fourth-order valence-corrected chi connectivity index (χ4v) is 3.63. The highest BCUT2D eigenvalue weighted by molar-refractivity contribution is 5.33. The zero-order valence-electron chi connectivity index (χ0n) is 15.6. The molecule has 0 N–H and O–H groups in total. The second kappa shape index (κ2) is 9.80. The highest BCUT2D eigenvalue weighted by Gasteiger charge is 2.34. The first-order valence-electron chi connectivity index (χ1n) is 9.41. The summed E-state index contributed by atoms with van der Waals surface area (Å²) >= 11 is 0. The summed E-state index contributed by atoms with van der Waals surface area (Å²) in [5.74, 6) is -4.02. The van der Waals surface area contributed by atoms with Crippen LogP contribution < -0.4 is 4.74 Å². The van der Waals surface area contributed by atoms with Gasteiger partial charge in [-0.3, -0.25) is 0 Å². The van der Waals surface area contributed by atoms with Gasteiger partial charge in [0.15, 0.2) is 11.6 Å². The van der Waals surface area contributed by atoms with E-state index in [1.54, 1.807) is 6.08 Å². The molecule has 0 aromatic heterocycles. The number of rotatable bonds is 7. The van der Waals surface area contributed by atoms with Crippen LogP contribution in [0.3, 0.4) is 0 Å². The minimum Gasteiger partial charge on any atom is -0.399 e. The Kier molecular flexibility index (Phi) is 7.94. The molecule has 1 aromatic carbocycles. The molecule has 164 valence electrons. The number of alkyl halides is 6. The molecule has 1 aromatic rings. The normalized spacial score (nSPS) is 21.0. The Bertz CT molecular complexity index is 662. The molecule has 0 aliphatic heterocycles. The Morgan fingerprint density at radius 1 is 0.862 bits per heavy atom. The van der Waals surface area contributed by atoms with Gasteiger partial charge >= 0.3 is 12.5 Å². The van der Waals surface area contributed by atoms with Crippen LogP contribution in [-0.2, 0) is 0 Å². The fourth-order valence-electron chi connectivity index (χ4n) is 3.63. The molecule has 0 amide bonds. The molecule has 29 heavy (non-hydrogen) atoms. The molecule has 1 saturated carbocycles. The number of ether oxygens (including phenoxy) is 1. The Balaban J connectivity index is 1.81. The summed E-state index contributed by atoms with van der Waals surface area (Å²) in [7, 11) is 0. The Labute approximate surface area is 163 Å². The molecule has 1 nitrogen and oxygen atoms in total. The van der Waals surface area contributed by atoms with Gasteiger partial charge in [-0.1, -0.05) is 12.2 Å². The summed E-state index contributed by atoms with van der Waals surface area (Å²) in [4.78, 5) is 0. The van der Waals surface area contributed by atoms with Gasteiger partial charge in [-0.2, -0.15) is 13.2 Å². The van der Waals surface area contributed by atoms with E-state index >= 15 is 0 Å². The Hall–Kier alpha value is -1.80. The van der Waals surface area contributed by atoms with Gasteiger partial charge in [0.2, 0.25) is 5.75 Å². The van der Waals surface area contributed by atoms with E-state index in [-0.39, 0.29) is 12.3 Å². The van der Waals surface area contributed by atoms with E-state index in [9.17, 15) is 35.1 Å². The molecule has 1 aliphatic carbocycles. The lowest BCUT2D eigenvalue weighted by Crippen LogP contribution is -2.19. The van der Waals surface area contributed by atoms with Crippen molar-refractivity contribution in [3.05, 3.63) is 41.5 Å². The lowest BCUT2D eigenvalue weighted by atomic mass is 9.77. The Morgan fingerprint density at radius 2 is 1.41 bits per heavy atom. The molecule has 2 rings (SSSR count). The van der Waals surface area contributed by atoms with Crippen LogP contribution in [-0.4, -0.2) is 12.5 Å². The smallest absolute Gasteiger partial charge is 0.399 e. The van der Waals surface area contributed by atoms with Crippen LogP contribution in [0.2, 0.25) is 0 Å². The molecule has 0 heterocycles. The minimum atomic E-state index is -5.18. The van der Waals surface area contributed by atoms with E-state index in [4.69, 9.17) is 0 Å². The van der Waals surface area contributed by atoms with Crippen molar-refractivity contribution >= 4 is 0 Å². The summed E-state index contributed by atoms with van der Waals surface area (Å²) in [6.45, 7) is 0. The van der Waals surface area contributed by atoms with Crippen molar-refractivity contribution in [2.24, 2.45) is 5.92 Å². The van der Waals surface area contributed by atoms with E-state index in [0.29, 0.717) is 30.7 Å². The summed E-state index contributed by atoms with van der Waals surface area (Å²) < 4.78 is 104. The lowest BCUT2D eigenvalue weighted by molar-refractivity contribution is -0.276. The van der Waals surface area contributed by atoms with Crippen LogP contribution in [0.15, 0.2) is 24.3 Å². The molecule has 0 saturated heterocycles. The number of hydrogen-bond acceptors (Lipinski definition) is 1. The second-order valence-corrected chi connectivity index (χ2v) is 7.28. The van der Waals surface area contributed by atoms with E-state index < -0.39 is 36.3 Å². The average molecular weight is 430 g/mol. The molecule has 0 unspecified atom stereocenters. The molecule has 0 spiro atoms. The standard InChI is InChI=1S/C20H22F8O/c21-16-11-15(12-17(22)18(16)29-20(26,27)28)14-8-6-13(7-9-14)5-3-1-2-4-10-19(23,24)25/h1-2,11-14H,3-10H2/t13-,14-. The molecular weight excluding hydrogens is 408 g/mol. The topological polar surface area (TPSA) is 9.23 Å². The van der Waals surface area contributed by atoms with Gasteiger partial charge in [-0.05, 0) is 74.5 Å². The van der Waals surface area contributed by atoms with Gasteiger partial charge in [0.25, 0.3) is 0 Å². The molecule has 0 atom stereocenters. The predicted octanol–water partition coefficient (Wildman–Crippen LogP) is 7.82.